The summed E-state index contributed by atoms with van der Waals surface area (Å²) in [5.74, 6) is -0.445. The predicted octanol–water partition coefficient (Wildman–Crippen LogP) is 2.80. The molecule has 0 aliphatic rings. The Morgan fingerprint density at radius 2 is 2.05 bits per heavy atom. The summed E-state index contributed by atoms with van der Waals surface area (Å²) in [6, 6.07) is 7.14. The molecule has 0 aliphatic heterocycles. The molecule has 19 heavy (non-hydrogen) atoms. The lowest BCUT2D eigenvalue weighted by Gasteiger charge is -2.04. The van der Waals surface area contributed by atoms with Crippen molar-refractivity contribution in [2.45, 2.75) is 20.3 Å². The Hall–Kier alpha value is -1.88. The van der Waals surface area contributed by atoms with Gasteiger partial charge in [-0.15, -0.1) is 5.10 Å². The van der Waals surface area contributed by atoms with Gasteiger partial charge < -0.3 is 4.74 Å². The lowest BCUT2D eigenvalue weighted by atomic mass is 10.3. The van der Waals surface area contributed by atoms with Crippen molar-refractivity contribution in [3.8, 4) is 5.69 Å². The lowest BCUT2D eigenvalue weighted by Crippen LogP contribution is -2.08. The SMILES string of the molecule is CCCOC(=O)c1nnn(-c2ccc(Cl)cc2)c1C. The van der Waals surface area contributed by atoms with E-state index in [-0.39, 0.29) is 5.69 Å². The van der Waals surface area contributed by atoms with Gasteiger partial charge in [-0.1, -0.05) is 23.7 Å². The quantitative estimate of drug-likeness (QED) is 0.808. The van der Waals surface area contributed by atoms with Crippen LogP contribution in [-0.2, 0) is 4.74 Å². The fraction of sp³-hybridized carbons (Fsp3) is 0.308. The molecule has 2 aromatic rings. The predicted molar refractivity (Wildman–Crippen MR) is 71.7 cm³/mol. The summed E-state index contributed by atoms with van der Waals surface area (Å²) in [6.45, 7) is 4.09. The van der Waals surface area contributed by atoms with Crippen LogP contribution in [0.15, 0.2) is 24.3 Å². The van der Waals surface area contributed by atoms with Crippen LogP contribution in [0.1, 0.15) is 29.5 Å². The summed E-state index contributed by atoms with van der Waals surface area (Å²) in [5.41, 5.74) is 1.68. The van der Waals surface area contributed by atoms with E-state index in [4.69, 9.17) is 16.3 Å². The van der Waals surface area contributed by atoms with E-state index >= 15 is 0 Å². The molecule has 0 radical (unpaired) electrons. The summed E-state index contributed by atoms with van der Waals surface area (Å²) in [6.07, 6.45) is 0.774. The highest BCUT2D eigenvalue weighted by molar-refractivity contribution is 6.30. The van der Waals surface area contributed by atoms with Gasteiger partial charge in [0.1, 0.15) is 0 Å². The van der Waals surface area contributed by atoms with E-state index in [9.17, 15) is 4.79 Å². The van der Waals surface area contributed by atoms with E-state index in [1.54, 1.807) is 23.7 Å². The maximum absolute atomic E-state index is 11.8. The van der Waals surface area contributed by atoms with Crippen molar-refractivity contribution >= 4 is 17.6 Å². The standard InChI is InChI=1S/C13H14ClN3O2/c1-3-8-19-13(18)12-9(2)17(16-15-12)11-6-4-10(14)5-7-11/h4-7H,3,8H2,1-2H3. The Balaban J connectivity index is 2.27. The zero-order valence-electron chi connectivity index (χ0n) is 10.8. The van der Waals surface area contributed by atoms with Gasteiger partial charge in [-0.2, -0.15) is 0 Å². The number of halogens is 1. The van der Waals surface area contributed by atoms with Gasteiger partial charge in [-0.05, 0) is 37.6 Å². The molecular weight excluding hydrogens is 266 g/mol. The lowest BCUT2D eigenvalue weighted by molar-refractivity contribution is 0.0497. The van der Waals surface area contributed by atoms with Crippen LogP contribution in [0.2, 0.25) is 5.02 Å². The monoisotopic (exact) mass is 279 g/mol. The molecule has 6 heteroatoms. The molecule has 0 amide bonds. The number of aromatic nitrogens is 3. The third-order valence-electron chi connectivity index (χ3n) is 2.60. The van der Waals surface area contributed by atoms with Crippen LogP contribution >= 0.6 is 11.6 Å². The first-order valence-corrected chi connectivity index (χ1v) is 6.36. The number of nitrogens with zero attached hydrogens (tertiary/aromatic N) is 3. The molecule has 1 heterocycles. The van der Waals surface area contributed by atoms with Crippen LogP contribution < -0.4 is 0 Å². The average Bonchev–Trinajstić information content (AvgIpc) is 2.79. The molecule has 0 N–H and O–H groups in total. The second-order valence-electron chi connectivity index (χ2n) is 4.05. The first-order valence-electron chi connectivity index (χ1n) is 5.99. The van der Waals surface area contributed by atoms with Gasteiger partial charge in [0.2, 0.25) is 0 Å². The van der Waals surface area contributed by atoms with Crippen LogP contribution in [0.3, 0.4) is 0 Å². The van der Waals surface area contributed by atoms with Crippen molar-refractivity contribution in [1.29, 1.82) is 0 Å². The Morgan fingerprint density at radius 3 is 2.68 bits per heavy atom. The molecule has 0 spiro atoms. The summed E-state index contributed by atoms with van der Waals surface area (Å²) in [4.78, 5) is 11.8. The van der Waals surface area contributed by atoms with E-state index in [1.165, 1.54) is 0 Å². The van der Waals surface area contributed by atoms with Gasteiger partial charge in [0, 0.05) is 5.02 Å². The third-order valence-corrected chi connectivity index (χ3v) is 2.85. The summed E-state index contributed by atoms with van der Waals surface area (Å²) in [5, 5.41) is 8.48. The molecule has 0 saturated carbocycles. The van der Waals surface area contributed by atoms with Gasteiger partial charge in [-0.3, -0.25) is 0 Å². The molecule has 0 fully saturated rings. The summed E-state index contributed by atoms with van der Waals surface area (Å²) in [7, 11) is 0. The highest BCUT2D eigenvalue weighted by Gasteiger charge is 2.18. The van der Waals surface area contributed by atoms with Crippen LogP contribution in [0.25, 0.3) is 5.69 Å². The minimum absolute atomic E-state index is 0.239. The van der Waals surface area contributed by atoms with E-state index in [2.05, 4.69) is 10.3 Å². The fourth-order valence-corrected chi connectivity index (χ4v) is 1.73. The number of rotatable bonds is 4. The van der Waals surface area contributed by atoms with Crippen molar-refractivity contribution in [3.05, 3.63) is 40.7 Å². The van der Waals surface area contributed by atoms with E-state index in [0.29, 0.717) is 17.3 Å². The van der Waals surface area contributed by atoms with Crippen molar-refractivity contribution < 1.29 is 9.53 Å². The average molecular weight is 280 g/mol. The Bertz CT molecular complexity index is 578. The van der Waals surface area contributed by atoms with Crippen molar-refractivity contribution in [3.63, 3.8) is 0 Å². The molecule has 0 bridgehead atoms. The first kappa shape index (κ1) is 13.5. The van der Waals surface area contributed by atoms with Crippen LogP contribution in [0, 0.1) is 6.92 Å². The first-order chi connectivity index (χ1) is 9.13. The van der Waals surface area contributed by atoms with Gasteiger partial charge in [0.25, 0.3) is 0 Å². The molecule has 5 nitrogen and oxygen atoms in total. The van der Waals surface area contributed by atoms with Gasteiger partial charge in [0.05, 0.1) is 18.0 Å². The Morgan fingerprint density at radius 1 is 1.37 bits per heavy atom. The summed E-state index contributed by atoms with van der Waals surface area (Å²) < 4.78 is 6.63. The number of esters is 1. The molecule has 0 aliphatic carbocycles. The molecular formula is C13H14ClN3O2. The molecule has 1 aromatic heterocycles. The second kappa shape index (κ2) is 5.84. The number of carbonyl (C=O) groups is 1. The maximum atomic E-state index is 11.8. The zero-order chi connectivity index (χ0) is 13.8. The maximum Gasteiger partial charge on any atom is 0.360 e. The van der Waals surface area contributed by atoms with Gasteiger partial charge in [0.15, 0.2) is 5.69 Å². The minimum Gasteiger partial charge on any atom is -0.461 e. The largest absolute Gasteiger partial charge is 0.461 e. The van der Waals surface area contributed by atoms with Crippen LogP contribution in [0.5, 0.6) is 0 Å². The van der Waals surface area contributed by atoms with Crippen LogP contribution in [-0.4, -0.2) is 27.6 Å². The number of hydrogen-bond acceptors (Lipinski definition) is 4. The third kappa shape index (κ3) is 2.93. The Kier molecular flexibility index (Phi) is 4.16. The number of hydrogen-bond donors (Lipinski definition) is 0. The van der Waals surface area contributed by atoms with Crippen LogP contribution in [0.4, 0.5) is 0 Å². The second-order valence-corrected chi connectivity index (χ2v) is 4.48. The van der Waals surface area contributed by atoms with Crippen molar-refractivity contribution in [1.82, 2.24) is 15.0 Å². The molecule has 100 valence electrons. The van der Waals surface area contributed by atoms with E-state index in [1.807, 2.05) is 19.1 Å². The van der Waals surface area contributed by atoms with E-state index < -0.39 is 5.97 Å². The number of ether oxygens (including phenoxy) is 1. The molecule has 2 rings (SSSR count). The normalized spacial score (nSPS) is 10.5. The van der Waals surface area contributed by atoms with Crippen molar-refractivity contribution in [2.75, 3.05) is 6.61 Å². The Labute approximate surface area is 116 Å². The molecule has 0 saturated heterocycles. The highest BCUT2D eigenvalue weighted by Crippen LogP contribution is 2.16. The molecule has 0 unspecified atom stereocenters. The molecule has 1 aromatic carbocycles. The minimum atomic E-state index is -0.445. The number of benzene rings is 1. The summed E-state index contributed by atoms with van der Waals surface area (Å²) >= 11 is 5.83. The highest BCUT2D eigenvalue weighted by atomic mass is 35.5. The topological polar surface area (TPSA) is 57.0 Å². The zero-order valence-corrected chi connectivity index (χ0v) is 11.5. The number of carbonyl (C=O) groups excluding carboxylic acids is 1. The smallest absolute Gasteiger partial charge is 0.360 e. The van der Waals surface area contributed by atoms with Crippen molar-refractivity contribution in [2.24, 2.45) is 0 Å². The van der Waals surface area contributed by atoms with Gasteiger partial charge in [-0.25, -0.2) is 9.48 Å². The fourth-order valence-electron chi connectivity index (χ4n) is 1.61. The molecule has 0 atom stereocenters. The van der Waals surface area contributed by atoms with E-state index in [0.717, 1.165) is 12.1 Å². The van der Waals surface area contributed by atoms with Gasteiger partial charge >= 0.3 is 5.97 Å².